The van der Waals surface area contributed by atoms with Gasteiger partial charge in [-0.1, -0.05) is 68.7 Å². The average molecular weight is 729 g/mol. The van der Waals surface area contributed by atoms with Gasteiger partial charge in [0.1, 0.15) is 6.04 Å². The van der Waals surface area contributed by atoms with Gasteiger partial charge >= 0.3 is 0 Å². The van der Waals surface area contributed by atoms with Crippen LogP contribution in [0.5, 0.6) is 0 Å². The highest BCUT2D eigenvalue weighted by Gasteiger charge is 2.62. The Balaban J connectivity index is 1.06. The molecule has 53 heavy (non-hydrogen) atoms. The predicted molar refractivity (Wildman–Crippen MR) is 193 cm³/mol. The van der Waals surface area contributed by atoms with Crippen LogP contribution < -0.4 is 10.6 Å². The van der Waals surface area contributed by atoms with Crippen LogP contribution in [0.3, 0.4) is 0 Å². The molecule has 7 rings (SSSR count). The van der Waals surface area contributed by atoms with Crippen molar-refractivity contribution in [3.05, 3.63) is 59.7 Å². The highest BCUT2D eigenvalue weighted by molar-refractivity contribution is 5.96. The molecular weight excluding hydrogens is 676 g/mol. The summed E-state index contributed by atoms with van der Waals surface area (Å²) in [7, 11) is 0. The Kier molecular flexibility index (Phi) is 10.6. The van der Waals surface area contributed by atoms with Crippen molar-refractivity contribution in [3.8, 4) is 0 Å². The summed E-state index contributed by atoms with van der Waals surface area (Å²) in [6, 6.07) is 8.92. The molecule has 4 fully saturated rings. The smallest absolute Gasteiger partial charge is 0.257 e. The molecule has 3 aromatic rings. The molecule has 4 atom stereocenters. The molecule has 4 amide bonds. The van der Waals surface area contributed by atoms with Crippen LogP contribution in [0, 0.1) is 28.6 Å². The van der Waals surface area contributed by atoms with Crippen molar-refractivity contribution < 1.29 is 23.9 Å². The largest absolute Gasteiger partial charge is 0.376 e. The summed E-state index contributed by atoms with van der Waals surface area (Å²) >= 11 is 0. The van der Waals surface area contributed by atoms with E-state index in [4.69, 9.17) is 4.74 Å². The van der Waals surface area contributed by atoms with Crippen molar-refractivity contribution in [2.45, 2.75) is 84.4 Å². The number of carbonyl (C=O) groups is 4. The molecular formula is C38H52N10O5. The van der Waals surface area contributed by atoms with Crippen LogP contribution in [0.15, 0.2) is 42.7 Å². The summed E-state index contributed by atoms with van der Waals surface area (Å²) < 4.78 is 8.03. The van der Waals surface area contributed by atoms with E-state index in [0.29, 0.717) is 56.5 Å². The molecule has 2 aliphatic heterocycles. The maximum Gasteiger partial charge on any atom is 0.257 e. The number of rotatable bonds is 14. The number of benzene rings is 1. The van der Waals surface area contributed by atoms with E-state index in [2.05, 4.69) is 50.2 Å². The molecule has 2 saturated carbocycles. The molecule has 4 aliphatic rings. The molecule has 1 aromatic carbocycles. The monoisotopic (exact) mass is 728 g/mol. The topological polar surface area (TPSA) is 180 Å². The fourth-order valence-corrected chi connectivity index (χ4v) is 8.38. The fourth-order valence-electron chi connectivity index (χ4n) is 8.38. The minimum absolute atomic E-state index is 0.0215. The number of aromatic amines is 1. The molecule has 4 heterocycles. The van der Waals surface area contributed by atoms with Crippen LogP contribution in [0.2, 0.25) is 0 Å². The van der Waals surface area contributed by atoms with Crippen molar-refractivity contribution in [2.75, 3.05) is 39.3 Å². The molecule has 0 radical (unpaired) electrons. The summed E-state index contributed by atoms with van der Waals surface area (Å²) in [6.07, 6.45) is 9.67. The summed E-state index contributed by atoms with van der Waals surface area (Å²) in [5.41, 5.74) is 0.842. The van der Waals surface area contributed by atoms with E-state index < -0.39 is 23.5 Å². The number of ether oxygens (including phenoxy) is 1. The lowest BCUT2D eigenvalue weighted by Crippen LogP contribution is -2.65. The van der Waals surface area contributed by atoms with Crippen LogP contribution in [-0.2, 0) is 32.1 Å². The predicted octanol–water partition coefficient (Wildman–Crippen LogP) is 2.22. The van der Waals surface area contributed by atoms with Crippen LogP contribution in [0.1, 0.15) is 81.0 Å². The third-order valence-electron chi connectivity index (χ3n) is 11.9. The van der Waals surface area contributed by atoms with E-state index in [1.54, 1.807) is 22.0 Å². The molecule has 1 spiro atoms. The number of tetrazole rings is 1. The van der Waals surface area contributed by atoms with Crippen LogP contribution >= 0.6 is 0 Å². The maximum atomic E-state index is 14.4. The summed E-state index contributed by atoms with van der Waals surface area (Å²) in [5, 5.41) is 24.3. The lowest BCUT2D eigenvalue weighted by molar-refractivity contribution is -0.152. The quantitative estimate of drug-likeness (QED) is 0.224. The summed E-state index contributed by atoms with van der Waals surface area (Å²) in [6.45, 7) is 8.55. The number of likely N-dealkylation sites (tertiary alicyclic amines) is 2. The average Bonchev–Trinajstić information content (AvgIpc) is 3.65. The van der Waals surface area contributed by atoms with Gasteiger partial charge in [-0.05, 0) is 43.1 Å². The number of nitrogens with zero attached hydrogens (tertiary/aromatic N) is 7. The van der Waals surface area contributed by atoms with Gasteiger partial charge in [0.25, 0.3) is 5.91 Å². The van der Waals surface area contributed by atoms with Gasteiger partial charge in [-0.3, -0.25) is 23.9 Å². The first-order chi connectivity index (χ1) is 25.5. The van der Waals surface area contributed by atoms with Gasteiger partial charge in [0.15, 0.2) is 5.82 Å². The lowest BCUT2D eigenvalue weighted by atomic mass is 9.70. The Hall–Kier alpha value is -4.66. The van der Waals surface area contributed by atoms with E-state index in [1.165, 1.54) is 19.3 Å². The number of amides is 4. The van der Waals surface area contributed by atoms with Crippen LogP contribution in [0.4, 0.5) is 0 Å². The van der Waals surface area contributed by atoms with E-state index >= 15 is 0 Å². The van der Waals surface area contributed by atoms with E-state index in [9.17, 15) is 19.2 Å². The normalized spacial score (nSPS) is 22.9. The zero-order chi connectivity index (χ0) is 37.2. The molecule has 0 bridgehead atoms. The van der Waals surface area contributed by atoms with Crippen molar-refractivity contribution in [3.63, 3.8) is 0 Å². The number of carbonyl (C=O) groups excluding carboxylic acids is 4. The zero-order valence-corrected chi connectivity index (χ0v) is 31.0. The molecule has 15 heteroatoms. The molecule has 15 nitrogen and oxygen atoms in total. The summed E-state index contributed by atoms with van der Waals surface area (Å²) in [4.78, 5) is 59.1. The number of H-pyrrole nitrogens is 1. The van der Waals surface area contributed by atoms with Crippen molar-refractivity contribution in [2.24, 2.45) is 28.6 Å². The number of hydrogen-bond acceptors (Lipinski definition) is 9. The van der Waals surface area contributed by atoms with Crippen molar-refractivity contribution in [1.82, 2.24) is 50.8 Å². The van der Waals surface area contributed by atoms with E-state index in [0.717, 1.165) is 24.8 Å². The van der Waals surface area contributed by atoms with Gasteiger partial charge in [-0.2, -0.15) is 10.3 Å². The maximum absolute atomic E-state index is 14.4. The third-order valence-corrected chi connectivity index (χ3v) is 11.9. The Labute approximate surface area is 310 Å². The first-order valence-electron chi connectivity index (χ1n) is 19.1. The molecule has 2 saturated heterocycles. The van der Waals surface area contributed by atoms with E-state index in [-0.39, 0.29) is 48.1 Å². The minimum atomic E-state index is -0.973. The molecule has 0 unspecified atom stereocenters. The lowest BCUT2D eigenvalue weighted by Gasteiger charge is -2.50. The van der Waals surface area contributed by atoms with Crippen molar-refractivity contribution in [1.29, 1.82) is 0 Å². The molecule has 2 aliphatic carbocycles. The minimum Gasteiger partial charge on any atom is -0.376 e. The Morgan fingerprint density at radius 3 is 2.45 bits per heavy atom. The fraction of sp³-hybridized carbons (Fsp3) is 0.632. The van der Waals surface area contributed by atoms with Crippen LogP contribution in [-0.4, -0.2) is 115 Å². The first kappa shape index (κ1) is 36.7. The molecule has 2 aromatic heterocycles. The first-order valence-corrected chi connectivity index (χ1v) is 19.1. The molecule has 284 valence electrons. The van der Waals surface area contributed by atoms with Gasteiger partial charge in [-0.15, -0.1) is 10.2 Å². The van der Waals surface area contributed by atoms with Gasteiger partial charge < -0.3 is 25.2 Å². The number of hydrogen-bond donors (Lipinski definition) is 3. The third kappa shape index (κ3) is 8.29. The highest BCUT2D eigenvalue weighted by Crippen LogP contribution is 2.54. The second-order valence-electron chi connectivity index (χ2n) is 16.4. The van der Waals surface area contributed by atoms with Gasteiger partial charge in [0.2, 0.25) is 17.7 Å². The van der Waals surface area contributed by atoms with Gasteiger partial charge in [-0.25, -0.2) is 0 Å². The van der Waals surface area contributed by atoms with Crippen molar-refractivity contribution >= 4 is 23.6 Å². The second-order valence-corrected chi connectivity index (χ2v) is 16.4. The second kappa shape index (κ2) is 15.4. The van der Waals surface area contributed by atoms with E-state index in [1.807, 2.05) is 42.2 Å². The SMILES string of the molecule is C[C@@H](OCC1CCCCC1)[C@H](NC(=O)[C@@H]1CN(C(=O)c2cnn(Cc3ccccc3)c2)CC12CN(C(=O)[C@H]1CC1(C)C)C2)C(=O)NCCc1nn[nH]n1. The Morgan fingerprint density at radius 2 is 1.75 bits per heavy atom. The highest BCUT2D eigenvalue weighted by atomic mass is 16.5. The summed E-state index contributed by atoms with van der Waals surface area (Å²) in [5.74, 6) is -0.576. The number of aromatic nitrogens is 6. The zero-order valence-electron chi connectivity index (χ0n) is 31.0. The Morgan fingerprint density at radius 1 is 1.02 bits per heavy atom. The Bertz CT molecular complexity index is 1750. The standard InChI is InChI=1S/C38H52N10O5/c1-25(53-21-27-12-8-5-9-13-27)32(34(50)39-15-14-31-42-44-45-43-31)41-33(49)30-20-46(22-38(30)23-47(24-38)36(52)29-16-37(29,2)3)35(51)28-17-40-48(19-28)18-26-10-6-4-7-11-26/h4,6-7,10-11,17,19,25,27,29-30,32H,5,8-9,12-16,18,20-24H2,1-3H3,(H,39,50)(H,41,49)(H,42,43,44,45)/t25-,29-,30+,32+/m1/s1. The van der Waals surface area contributed by atoms with Gasteiger partial charge in [0.05, 0.1) is 30.3 Å². The molecule has 3 N–H and O–H groups in total. The van der Waals surface area contributed by atoms with Crippen LogP contribution in [0.25, 0.3) is 0 Å². The van der Waals surface area contributed by atoms with Gasteiger partial charge in [0, 0.05) is 63.3 Å². The number of nitrogens with one attached hydrogen (secondary N) is 3.